The molecular formula is C12H25N5O. The lowest BCUT2D eigenvalue weighted by atomic mass is 10.2. The second-order valence-electron chi connectivity index (χ2n) is 5.31. The van der Waals surface area contributed by atoms with Crippen molar-refractivity contribution in [2.45, 2.75) is 40.8 Å². The van der Waals surface area contributed by atoms with E-state index in [4.69, 9.17) is 4.74 Å². The molecule has 0 saturated carbocycles. The second-order valence-corrected chi connectivity index (χ2v) is 5.31. The Kier molecular flexibility index (Phi) is 6.82. The summed E-state index contributed by atoms with van der Waals surface area (Å²) in [6.07, 6.45) is 0. The third-order valence-corrected chi connectivity index (χ3v) is 2.34. The van der Waals surface area contributed by atoms with E-state index >= 15 is 0 Å². The zero-order chi connectivity index (χ0) is 13.4. The highest BCUT2D eigenvalue weighted by atomic mass is 16.5. The van der Waals surface area contributed by atoms with Crippen LogP contribution < -0.4 is 5.32 Å². The van der Waals surface area contributed by atoms with Crippen molar-refractivity contribution in [3.63, 3.8) is 0 Å². The third kappa shape index (κ3) is 6.07. The summed E-state index contributed by atoms with van der Waals surface area (Å²) in [5.41, 5.74) is 0. The van der Waals surface area contributed by atoms with Gasteiger partial charge in [-0.2, -0.15) is 0 Å². The standard InChI is InChI=1S/C12H25N5O/c1-10(2)7-13-8-12-14-15-16-17(12)5-6-18-9-11(3)4/h10-11,13H,5-9H2,1-4H3. The van der Waals surface area contributed by atoms with E-state index in [0.717, 1.165) is 19.0 Å². The summed E-state index contributed by atoms with van der Waals surface area (Å²) >= 11 is 0. The van der Waals surface area contributed by atoms with E-state index in [9.17, 15) is 0 Å². The van der Waals surface area contributed by atoms with Crippen molar-refractivity contribution in [3.8, 4) is 0 Å². The predicted molar refractivity (Wildman–Crippen MR) is 70.0 cm³/mol. The second kappa shape index (κ2) is 8.16. The number of hydrogen-bond acceptors (Lipinski definition) is 5. The fraction of sp³-hybridized carbons (Fsp3) is 0.917. The molecular weight excluding hydrogens is 230 g/mol. The first-order chi connectivity index (χ1) is 8.59. The smallest absolute Gasteiger partial charge is 0.165 e. The molecule has 0 radical (unpaired) electrons. The lowest BCUT2D eigenvalue weighted by Gasteiger charge is -2.09. The maximum Gasteiger partial charge on any atom is 0.165 e. The monoisotopic (exact) mass is 255 g/mol. The summed E-state index contributed by atoms with van der Waals surface area (Å²) in [6, 6.07) is 0. The molecule has 0 unspecified atom stereocenters. The van der Waals surface area contributed by atoms with Crippen molar-refractivity contribution in [1.82, 2.24) is 25.5 Å². The van der Waals surface area contributed by atoms with Gasteiger partial charge in [-0.05, 0) is 28.8 Å². The van der Waals surface area contributed by atoms with E-state index in [1.54, 1.807) is 4.68 Å². The van der Waals surface area contributed by atoms with Gasteiger partial charge >= 0.3 is 0 Å². The summed E-state index contributed by atoms with van der Waals surface area (Å²) in [4.78, 5) is 0. The van der Waals surface area contributed by atoms with Gasteiger partial charge in [0.05, 0.1) is 19.7 Å². The lowest BCUT2D eigenvalue weighted by Crippen LogP contribution is -2.22. The Labute approximate surface area is 109 Å². The average Bonchev–Trinajstić information content (AvgIpc) is 2.71. The van der Waals surface area contributed by atoms with Gasteiger partial charge in [0, 0.05) is 6.61 Å². The normalized spacial score (nSPS) is 11.7. The SMILES string of the molecule is CC(C)CNCc1nnnn1CCOCC(C)C. The van der Waals surface area contributed by atoms with Crippen molar-refractivity contribution in [1.29, 1.82) is 0 Å². The van der Waals surface area contributed by atoms with Crippen LogP contribution in [0.15, 0.2) is 0 Å². The van der Waals surface area contributed by atoms with Gasteiger partial charge in [-0.15, -0.1) is 5.10 Å². The summed E-state index contributed by atoms with van der Waals surface area (Å²) < 4.78 is 7.33. The molecule has 0 atom stereocenters. The van der Waals surface area contributed by atoms with E-state index in [0.29, 0.717) is 31.5 Å². The summed E-state index contributed by atoms with van der Waals surface area (Å²) in [7, 11) is 0. The summed E-state index contributed by atoms with van der Waals surface area (Å²) in [5, 5.41) is 15.0. The number of hydrogen-bond donors (Lipinski definition) is 1. The molecule has 1 aromatic heterocycles. The summed E-state index contributed by atoms with van der Waals surface area (Å²) in [6.45, 7) is 12.4. The zero-order valence-electron chi connectivity index (χ0n) is 11.9. The van der Waals surface area contributed by atoms with E-state index in [1.165, 1.54) is 0 Å². The lowest BCUT2D eigenvalue weighted by molar-refractivity contribution is 0.0999. The third-order valence-electron chi connectivity index (χ3n) is 2.34. The molecule has 1 N–H and O–H groups in total. The topological polar surface area (TPSA) is 64.9 Å². The molecule has 0 aliphatic rings. The molecule has 18 heavy (non-hydrogen) atoms. The number of tetrazole rings is 1. The molecule has 6 nitrogen and oxygen atoms in total. The molecule has 0 aliphatic carbocycles. The van der Waals surface area contributed by atoms with Crippen LogP contribution in [0.3, 0.4) is 0 Å². The van der Waals surface area contributed by atoms with Crippen LogP contribution in [-0.4, -0.2) is 40.0 Å². The van der Waals surface area contributed by atoms with Gasteiger partial charge in [0.2, 0.25) is 0 Å². The Bertz CT molecular complexity index is 324. The number of nitrogens with one attached hydrogen (secondary N) is 1. The van der Waals surface area contributed by atoms with E-state index in [-0.39, 0.29) is 0 Å². The number of aromatic nitrogens is 4. The van der Waals surface area contributed by atoms with Crippen molar-refractivity contribution in [3.05, 3.63) is 5.82 Å². The van der Waals surface area contributed by atoms with Crippen LogP contribution in [0.2, 0.25) is 0 Å². The Balaban J connectivity index is 2.26. The van der Waals surface area contributed by atoms with Gasteiger partial charge in [-0.1, -0.05) is 27.7 Å². The number of ether oxygens (including phenoxy) is 1. The van der Waals surface area contributed by atoms with Crippen molar-refractivity contribution in [2.24, 2.45) is 11.8 Å². The molecule has 0 fully saturated rings. The fourth-order valence-corrected chi connectivity index (χ4v) is 1.47. The van der Waals surface area contributed by atoms with Gasteiger partial charge in [0.25, 0.3) is 0 Å². The minimum atomic E-state index is 0.561. The predicted octanol–water partition coefficient (Wildman–Crippen LogP) is 1.09. The maximum atomic E-state index is 5.53. The fourth-order valence-electron chi connectivity index (χ4n) is 1.47. The average molecular weight is 255 g/mol. The highest BCUT2D eigenvalue weighted by Crippen LogP contribution is 1.96. The van der Waals surface area contributed by atoms with Crippen molar-refractivity contribution in [2.75, 3.05) is 19.8 Å². The van der Waals surface area contributed by atoms with Crippen LogP contribution in [0.25, 0.3) is 0 Å². The van der Waals surface area contributed by atoms with Gasteiger partial charge in [-0.25, -0.2) is 4.68 Å². The van der Waals surface area contributed by atoms with Crippen LogP contribution in [0.5, 0.6) is 0 Å². The Hall–Kier alpha value is -1.01. The maximum absolute atomic E-state index is 5.53. The molecule has 0 saturated heterocycles. The summed E-state index contributed by atoms with van der Waals surface area (Å²) in [5.74, 6) is 2.05. The number of rotatable bonds is 9. The van der Waals surface area contributed by atoms with Crippen LogP contribution in [0.4, 0.5) is 0 Å². The van der Waals surface area contributed by atoms with Crippen LogP contribution in [0.1, 0.15) is 33.5 Å². The molecule has 1 heterocycles. The molecule has 1 aromatic rings. The first-order valence-electron chi connectivity index (χ1n) is 6.63. The first kappa shape index (κ1) is 15.0. The van der Waals surface area contributed by atoms with E-state index in [2.05, 4.69) is 48.5 Å². The molecule has 104 valence electrons. The molecule has 1 rings (SSSR count). The largest absolute Gasteiger partial charge is 0.379 e. The molecule has 0 bridgehead atoms. The molecule has 0 aliphatic heterocycles. The molecule has 0 amide bonds. The molecule has 6 heteroatoms. The van der Waals surface area contributed by atoms with Gasteiger partial charge in [0.15, 0.2) is 5.82 Å². The quantitative estimate of drug-likeness (QED) is 0.669. The Morgan fingerprint density at radius 3 is 2.67 bits per heavy atom. The minimum absolute atomic E-state index is 0.561. The van der Waals surface area contributed by atoms with Crippen LogP contribution in [0, 0.1) is 11.8 Å². The van der Waals surface area contributed by atoms with E-state index < -0.39 is 0 Å². The van der Waals surface area contributed by atoms with E-state index in [1.807, 2.05) is 0 Å². The van der Waals surface area contributed by atoms with Gasteiger partial charge < -0.3 is 10.1 Å². The minimum Gasteiger partial charge on any atom is -0.379 e. The number of nitrogens with zero attached hydrogens (tertiary/aromatic N) is 4. The van der Waals surface area contributed by atoms with Crippen LogP contribution >= 0.6 is 0 Å². The first-order valence-corrected chi connectivity index (χ1v) is 6.63. The molecule has 0 spiro atoms. The Morgan fingerprint density at radius 1 is 1.22 bits per heavy atom. The van der Waals surface area contributed by atoms with Crippen molar-refractivity contribution >= 4 is 0 Å². The van der Waals surface area contributed by atoms with Crippen LogP contribution in [-0.2, 0) is 17.8 Å². The highest BCUT2D eigenvalue weighted by Gasteiger charge is 2.05. The molecule has 0 aromatic carbocycles. The van der Waals surface area contributed by atoms with Crippen molar-refractivity contribution < 1.29 is 4.74 Å². The van der Waals surface area contributed by atoms with Gasteiger partial charge in [-0.3, -0.25) is 0 Å². The Morgan fingerprint density at radius 2 is 2.00 bits per heavy atom. The van der Waals surface area contributed by atoms with Gasteiger partial charge in [0.1, 0.15) is 0 Å². The highest BCUT2D eigenvalue weighted by molar-refractivity contribution is 4.79. The zero-order valence-corrected chi connectivity index (χ0v) is 11.9.